The molecule has 3 rings (SSSR count). The third-order valence-corrected chi connectivity index (χ3v) is 5.03. The molecule has 11 heteroatoms. The molecule has 2 N–H and O–H groups in total. The average Bonchev–Trinajstić information content (AvgIpc) is 3.03. The standard InChI is InChI=1S/C20H19ClF2N4O3S/c1-12-4-3-5-24-19(12)17-6-13(10-27(17)11-18(22)23)20(28)25-15-7-14(21)8-16(9-15)26-31(2,29)30/h3-10,18,26H,11H2,1-2H3,(H,25,28). The van der Waals surface area contributed by atoms with E-state index in [2.05, 4.69) is 15.0 Å². The molecule has 0 saturated carbocycles. The maximum atomic E-state index is 13.1. The van der Waals surface area contributed by atoms with E-state index in [0.29, 0.717) is 11.4 Å². The van der Waals surface area contributed by atoms with Crippen molar-refractivity contribution in [3.8, 4) is 11.4 Å². The van der Waals surface area contributed by atoms with E-state index in [9.17, 15) is 22.0 Å². The Kier molecular flexibility index (Phi) is 6.61. The van der Waals surface area contributed by atoms with Crippen LogP contribution in [0.5, 0.6) is 0 Å². The van der Waals surface area contributed by atoms with E-state index < -0.39 is 28.9 Å². The van der Waals surface area contributed by atoms with Gasteiger partial charge in [0.25, 0.3) is 12.3 Å². The molecule has 0 aliphatic rings. The molecule has 2 aromatic heterocycles. The van der Waals surface area contributed by atoms with Gasteiger partial charge in [-0.25, -0.2) is 17.2 Å². The molecule has 31 heavy (non-hydrogen) atoms. The molecule has 0 unspecified atom stereocenters. The zero-order valence-electron chi connectivity index (χ0n) is 16.6. The quantitative estimate of drug-likeness (QED) is 0.537. The third kappa shape index (κ3) is 6.02. The molecule has 0 aliphatic heterocycles. The number of aromatic nitrogens is 2. The number of hydrogen-bond acceptors (Lipinski definition) is 4. The van der Waals surface area contributed by atoms with Gasteiger partial charge in [-0.15, -0.1) is 0 Å². The van der Waals surface area contributed by atoms with Crippen molar-refractivity contribution in [3.05, 3.63) is 64.9 Å². The first-order valence-electron chi connectivity index (χ1n) is 9.02. The van der Waals surface area contributed by atoms with E-state index in [1.54, 1.807) is 25.3 Å². The number of nitrogens with zero attached hydrogens (tertiary/aromatic N) is 2. The summed E-state index contributed by atoms with van der Waals surface area (Å²) < 4.78 is 52.6. The zero-order valence-corrected chi connectivity index (χ0v) is 18.1. The second-order valence-corrected chi connectivity index (χ2v) is 9.07. The highest BCUT2D eigenvalue weighted by Gasteiger charge is 2.18. The van der Waals surface area contributed by atoms with Crippen molar-refractivity contribution in [2.75, 3.05) is 16.3 Å². The number of halogens is 3. The van der Waals surface area contributed by atoms with Gasteiger partial charge in [-0.1, -0.05) is 17.7 Å². The van der Waals surface area contributed by atoms with Crippen molar-refractivity contribution < 1.29 is 22.0 Å². The van der Waals surface area contributed by atoms with Crippen LogP contribution in [0.1, 0.15) is 15.9 Å². The second kappa shape index (κ2) is 9.03. The Morgan fingerprint density at radius 3 is 2.58 bits per heavy atom. The minimum atomic E-state index is -3.54. The predicted octanol–water partition coefficient (Wildman–Crippen LogP) is 4.40. The lowest BCUT2D eigenvalue weighted by Crippen LogP contribution is -2.13. The molecule has 0 radical (unpaired) electrons. The van der Waals surface area contributed by atoms with Crippen molar-refractivity contribution in [3.63, 3.8) is 0 Å². The van der Waals surface area contributed by atoms with Gasteiger partial charge in [0.1, 0.15) is 0 Å². The van der Waals surface area contributed by atoms with Crippen LogP contribution < -0.4 is 10.0 Å². The van der Waals surface area contributed by atoms with Crippen LogP contribution in [0.3, 0.4) is 0 Å². The van der Waals surface area contributed by atoms with Gasteiger partial charge in [0.2, 0.25) is 10.0 Å². The number of carbonyl (C=O) groups excluding carboxylic acids is 1. The van der Waals surface area contributed by atoms with Gasteiger partial charge < -0.3 is 9.88 Å². The number of carbonyl (C=O) groups is 1. The number of nitrogens with one attached hydrogen (secondary N) is 2. The van der Waals surface area contributed by atoms with Crippen LogP contribution >= 0.6 is 11.6 Å². The molecule has 0 aliphatic carbocycles. The van der Waals surface area contributed by atoms with Crippen LogP contribution in [0, 0.1) is 6.92 Å². The fourth-order valence-corrected chi connectivity index (χ4v) is 3.81. The summed E-state index contributed by atoms with van der Waals surface area (Å²) in [5, 5.41) is 2.80. The first-order chi connectivity index (χ1) is 14.5. The molecule has 3 aromatic rings. The lowest BCUT2D eigenvalue weighted by Gasteiger charge is -2.09. The number of hydrogen-bond donors (Lipinski definition) is 2. The molecule has 7 nitrogen and oxygen atoms in total. The number of amides is 1. The van der Waals surface area contributed by atoms with Gasteiger partial charge in [0, 0.05) is 23.1 Å². The van der Waals surface area contributed by atoms with E-state index in [1.165, 1.54) is 35.0 Å². The maximum Gasteiger partial charge on any atom is 0.257 e. The predicted molar refractivity (Wildman–Crippen MR) is 116 cm³/mol. The highest BCUT2D eigenvalue weighted by Crippen LogP contribution is 2.27. The maximum absolute atomic E-state index is 13.1. The summed E-state index contributed by atoms with van der Waals surface area (Å²) in [6.07, 6.45) is 1.23. The van der Waals surface area contributed by atoms with Crippen LogP contribution in [-0.2, 0) is 16.6 Å². The smallest absolute Gasteiger partial charge is 0.257 e. The summed E-state index contributed by atoms with van der Waals surface area (Å²) in [6.45, 7) is 1.20. The van der Waals surface area contributed by atoms with Crippen molar-refractivity contribution in [2.24, 2.45) is 0 Å². The summed E-state index contributed by atoms with van der Waals surface area (Å²) in [6, 6.07) is 9.22. The minimum Gasteiger partial charge on any atom is -0.340 e. The molecular weight excluding hydrogens is 450 g/mol. The van der Waals surface area contributed by atoms with E-state index in [1.807, 2.05) is 0 Å². The second-order valence-electron chi connectivity index (χ2n) is 6.88. The Morgan fingerprint density at radius 1 is 1.23 bits per heavy atom. The number of pyridine rings is 1. The van der Waals surface area contributed by atoms with E-state index in [-0.39, 0.29) is 22.0 Å². The van der Waals surface area contributed by atoms with Crippen LogP contribution in [0.25, 0.3) is 11.4 Å². The molecule has 0 fully saturated rings. The van der Waals surface area contributed by atoms with E-state index in [4.69, 9.17) is 11.6 Å². The molecule has 0 atom stereocenters. The summed E-state index contributed by atoms with van der Waals surface area (Å²) >= 11 is 6.01. The van der Waals surface area contributed by atoms with E-state index in [0.717, 1.165) is 11.8 Å². The minimum absolute atomic E-state index is 0.137. The van der Waals surface area contributed by atoms with Gasteiger partial charge in [-0.2, -0.15) is 0 Å². The summed E-state index contributed by atoms with van der Waals surface area (Å²) in [7, 11) is -3.54. The fourth-order valence-electron chi connectivity index (χ4n) is 3.03. The Bertz CT molecular complexity index is 1230. The lowest BCUT2D eigenvalue weighted by molar-refractivity contribution is 0.102. The fraction of sp³-hybridized carbons (Fsp3) is 0.200. The Balaban J connectivity index is 1.93. The first-order valence-corrected chi connectivity index (χ1v) is 11.3. The molecular formula is C20H19ClF2N4O3S. The van der Waals surface area contributed by atoms with Gasteiger partial charge in [-0.05, 0) is 42.8 Å². The van der Waals surface area contributed by atoms with Crippen LogP contribution in [0.15, 0.2) is 48.8 Å². The van der Waals surface area contributed by atoms with E-state index >= 15 is 0 Å². The van der Waals surface area contributed by atoms with Crippen molar-refractivity contribution in [1.29, 1.82) is 0 Å². The molecule has 1 aromatic carbocycles. The van der Waals surface area contributed by atoms with Gasteiger partial charge >= 0.3 is 0 Å². The molecule has 0 spiro atoms. The largest absolute Gasteiger partial charge is 0.340 e. The van der Waals surface area contributed by atoms with Crippen molar-refractivity contribution in [1.82, 2.24) is 9.55 Å². The number of benzene rings is 1. The monoisotopic (exact) mass is 468 g/mol. The van der Waals surface area contributed by atoms with Gasteiger partial charge in [-0.3, -0.25) is 14.5 Å². The molecule has 0 bridgehead atoms. The number of aryl methyl sites for hydroxylation is 1. The average molecular weight is 469 g/mol. The summed E-state index contributed by atoms with van der Waals surface area (Å²) in [4.78, 5) is 17.0. The Labute approximate surface area is 183 Å². The molecule has 164 valence electrons. The number of rotatable bonds is 7. The highest BCUT2D eigenvalue weighted by molar-refractivity contribution is 7.92. The van der Waals surface area contributed by atoms with Crippen LogP contribution in [0.4, 0.5) is 20.2 Å². The topological polar surface area (TPSA) is 93.1 Å². The molecule has 2 heterocycles. The first kappa shape index (κ1) is 22.7. The summed E-state index contributed by atoms with van der Waals surface area (Å²) in [5.74, 6) is -0.574. The molecule has 0 saturated heterocycles. The number of alkyl halides is 2. The number of sulfonamides is 1. The lowest BCUT2D eigenvalue weighted by atomic mass is 10.1. The Morgan fingerprint density at radius 2 is 1.94 bits per heavy atom. The van der Waals surface area contributed by atoms with Crippen molar-refractivity contribution >= 4 is 38.9 Å². The van der Waals surface area contributed by atoms with Gasteiger partial charge in [0.15, 0.2) is 0 Å². The number of anilines is 2. The van der Waals surface area contributed by atoms with Gasteiger partial charge in [0.05, 0.1) is 35.4 Å². The summed E-state index contributed by atoms with van der Waals surface area (Å²) in [5.41, 5.74) is 2.19. The normalized spacial score (nSPS) is 11.5. The van der Waals surface area contributed by atoms with Crippen LogP contribution in [-0.4, -0.2) is 36.6 Å². The molecule has 1 amide bonds. The highest BCUT2D eigenvalue weighted by atomic mass is 35.5. The van der Waals surface area contributed by atoms with Crippen LogP contribution in [0.2, 0.25) is 5.02 Å². The van der Waals surface area contributed by atoms with Crippen molar-refractivity contribution in [2.45, 2.75) is 19.9 Å². The third-order valence-electron chi connectivity index (χ3n) is 4.20. The Hall–Kier alpha value is -2.98. The zero-order chi connectivity index (χ0) is 22.8. The SMILES string of the molecule is Cc1cccnc1-c1cc(C(=O)Nc2cc(Cl)cc(NS(C)(=O)=O)c2)cn1CC(F)F.